The number of rotatable bonds is 1. The molecule has 13 heavy (non-hydrogen) atoms. The predicted octanol–water partition coefficient (Wildman–Crippen LogP) is 3.11. The number of nitrogens with zero attached hydrogens (tertiary/aromatic N) is 2. The van der Waals surface area contributed by atoms with Crippen molar-refractivity contribution < 1.29 is 0 Å². The molecule has 4 heteroatoms. The van der Waals surface area contributed by atoms with E-state index in [1.54, 1.807) is 12.4 Å². The van der Waals surface area contributed by atoms with Crippen molar-refractivity contribution >= 4 is 34.2 Å². The number of hydrogen-bond donors (Lipinski definition) is 0. The van der Waals surface area contributed by atoms with E-state index >= 15 is 0 Å². The maximum Gasteiger partial charge on any atom is 0.132 e. The Labute approximate surface area is 85.5 Å². The molecule has 66 valence electrons. The Bertz CT molecular complexity index is 429. The largest absolute Gasteiger partial charge is 0.253 e. The average molecular weight is 213 g/mol. The topological polar surface area (TPSA) is 25.8 Å². The molecule has 0 amide bonds. The van der Waals surface area contributed by atoms with Gasteiger partial charge in [0.1, 0.15) is 4.84 Å². The Hall–Kier alpha value is -0.860. The van der Waals surface area contributed by atoms with Gasteiger partial charge in [-0.1, -0.05) is 6.07 Å². The summed E-state index contributed by atoms with van der Waals surface area (Å²) in [7, 11) is 0. The first-order valence-corrected chi connectivity index (χ1v) is 4.63. The van der Waals surface area contributed by atoms with Crippen molar-refractivity contribution in [3.63, 3.8) is 0 Å². The minimum atomic E-state index is -0.508. The van der Waals surface area contributed by atoms with Gasteiger partial charge >= 0.3 is 0 Å². The van der Waals surface area contributed by atoms with Gasteiger partial charge in [0.15, 0.2) is 0 Å². The molecule has 0 fully saturated rings. The summed E-state index contributed by atoms with van der Waals surface area (Å²) in [5.41, 5.74) is 2.50. The lowest BCUT2D eigenvalue weighted by Crippen LogP contribution is -1.85. The first-order chi connectivity index (χ1) is 6.27. The van der Waals surface area contributed by atoms with Gasteiger partial charge in [0.2, 0.25) is 0 Å². The van der Waals surface area contributed by atoms with Crippen LogP contribution in [-0.2, 0) is 0 Å². The number of alkyl halides is 2. The van der Waals surface area contributed by atoms with E-state index in [0.717, 1.165) is 16.6 Å². The molecule has 0 bridgehead atoms. The molecular formula is C9H6Cl2N2. The monoisotopic (exact) mass is 212 g/mol. The Balaban J connectivity index is 2.62. The van der Waals surface area contributed by atoms with E-state index in [1.807, 2.05) is 18.2 Å². The molecule has 0 aliphatic rings. The third kappa shape index (κ3) is 1.74. The highest BCUT2D eigenvalue weighted by molar-refractivity contribution is 6.44. The molecule has 0 saturated heterocycles. The number of aromatic nitrogens is 2. The van der Waals surface area contributed by atoms with Crippen LogP contribution < -0.4 is 0 Å². The van der Waals surface area contributed by atoms with E-state index in [1.165, 1.54) is 0 Å². The molecule has 0 N–H and O–H groups in total. The minimum absolute atomic E-state index is 0.508. The first kappa shape index (κ1) is 8.73. The van der Waals surface area contributed by atoms with Crippen LogP contribution in [0.3, 0.4) is 0 Å². The Morgan fingerprint density at radius 2 is 1.69 bits per heavy atom. The Morgan fingerprint density at radius 3 is 2.38 bits per heavy atom. The van der Waals surface area contributed by atoms with Gasteiger partial charge in [-0.3, -0.25) is 9.97 Å². The van der Waals surface area contributed by atoms with Gasteiger partial charge in [0.05, 0.1) is 11.0 Å². The third-order valence-corrected chi connectivity index (χ3v) is 2.25. The van der Waals surface area contributed by atoms with Crippen molar-refractivity contribution in [1.29, 1.82) is 0 Å². The molecule has 1 heterocycles. The lowest BCUT2D eigenvalue weighted by Gasteiger charge is -2.01. The Morgan fingerprint density at radius 1 is 1.00 bits per heavy atom. The van der Waals surface area contributed by atoms with Gasteiger partial charge in [0.25, 0.3) is 0 Å². The van der Waals surface area contributed by atoms with Crippen LogP contribution in [-0.4, -0.2) is 9.97 Å². The van der Waals surface area contributed by atoms with Crippen molar-refractivity contribution in [3.05, 3.63) is 36.2 Å². The molecule has 0 radical (unpaired) electrons. The van der Waals surface area contributed by atoms with Crippen LogP contribution in [0.5, 0.6) is 0 Å². The molecule has 0 unspecified atom stereocenters. The second-order valence-electron chi connectivity index (χ2n) is 2.61. The lowest BCUT2D eigenvalue weighted by molar-refractivity contribution is 1.27. The zero-order chi connectivity index (χ0) is 9.26. The summed E-state index contributed by atoms with van der Waals surface area (Å²) in [4.78, 5) is 7.77. The highest BCUT2D eigenvalue weighted by Gasteiger charge is 2.04. The summed E-state index contributed by atoms with van der Waals surface area (Å²) in [5, 5.41) is 0. The molecule has 1 aromatic carbocycles. The molecule has 0 saturated carbocycles. The van der Waals surface area contributed by atoms with Crippen molar-refractivity contribution in [3.8, 4) is 0 Å². The number of benzene rings is 1. The van der Waals surface area contributed by atoms with Gasteiger partial charge in [-0.25, -0.2) is 0 Å². The highest BCUT2D eigenvalue weighted by Crippen LogP contribution is 2.26. The summed E-state index contributed by atoms with van der Waals surface area (Å²) in [6.07, 6.45) is 3.30. The van der Waals surface area contributed by atoms with Crippen LogP contribution in [0.15, 0.2) is 30.6 Å². The zero-order valence-corrected chi connectivity index (χ0v) is 8.13. The van der Waals surface area contributed by atoms with Gasteiger partial charge in [-0.05, 0) is 17.7 Å². The molecule has 1 aromatic heterocycles. The van der Waals surface area contributed by atoms with Gasteiger partial charge in [-0.15, -0.1) is 23.2 Å². The molecular weight excluding hydrogens is 207 g/mol. The van der Waals surface area contributed by atoms with Crippen LogP contribution in [0.1, 0.15) is 10.4 Å². The summed E-state index contributed by atoms with van der Waals surface area (Å²) in [6.45, 7) is 0. The Kier molecular flexibility index (Phi) is 2.34. The van der Waals surface area contributed by atoms with E-state index in [0.29, 0.717) is 0 Å². The second-order valence-corrected chi connectivity index (χ2v) is 3.70. The van der Waals surface area contributed by atoms with Gasteiger partial charge in [0, 0.05) is 12.4 Å². The van der Waals surface area contributed by atoms with Crippen LogP contribution >= 0.6 is 23.2 Å². The predicted molar refractivity (Wildman–Crippen MR) is 54.0 cm³/mol. The second kappa shape index (κ2) is 3.48. The summed E-state index contributed by atoms with van der Waals surface area (Å²) in [6, 6.07) is 5.55. The van der Waals surface area contributed by atoms with Crippen LogP contribution in [0.25, 0.3) is 11.0 Å². The van der Waals surface area contributed by atoms with E-state index in [9.17, 15) is 0 Å². The standard InChI is InChI=1S/C9H6Cl2N2/c10-9(11)6-1-2-7-8(5-6)13-4-3-12-7/h1-5,9H. The SMILES string of the molecule is ClC(Cl)c1ccc2nccnc2c1. The first-order valence-electron chi connectivity index (χ1n) is 3.76. The zero-order valence-electron chi connectivity index (χ0n) is 6.61. The van der Waals surface area contributed by atoms with Crippen molar-refractivity contribution in [2.75, 3.05) is 0 Å². The van der Waals surface area contributed by atoms with E-state index in [2.05, 4.69) is 9.97 Å². The van der Waals surface area contributed by atoms with Crippen molar-refractivity contribution in [1.82, 2.24) is 9.97 Å². The lowest BCUT2D eigenvalue weighted by atomic mass is 10.2. The average Bonchev–Trinajstić information content (AvgIpc) is 2.17. The molecule has 2 rings (SSSR count). The van der Waals surface area contributed by atoms with Crippen molar-refractivity contribution in [2.45, 2.75) is 4.84 Å². The summed E-state index contributed by atoms with van der Waals surface area (Å²) in [5.74, 6) is 0. The van der Waals surface area contributed by atoms with Crippen LogP contribution in [0.2, 0.25) is 0 Å². The smallest absolute Gasteiger partial charge is 0.132 e. The molecule has 0 atom stereocenters. The van der Waals surface area contributed by atoms with Crippen LogP contribution in [0, 0.1) is 0 Å². The summed E-state index contributed by atoms with van der Waals surface area (Å²) >= 11 is 11.4. The highest BCUT2D eigenvalue weighted by atomic mass is 35.5. The normalized spacial score (nSPS) is 11.0. The quantitative estimate of drug-likeness (QED) is 0.680. The van der Waals surface area contributed by atoms with Gasteiger partial charge < -0.3 is 0 Å². The van der Waals surface area contributed by atoms with E-state index in [-0.39, 0.29) is 0 Å². The minimum Gasteiger partial charge on any atom is -0.253 e. The van der Waals surface area contributed by atoms with E-state index < -0.39 is 4.84 Å². The molecule has 0 aliphatic carbocycles. The molecule has 0 aliphatic heterocycles. The molecule has 2 nitrogen and oxygen atoms in total. The number of halogens is 2. The molecule has 0 spiro atoms. The number of fused-ring (bicyclic) bond motifs is 1. The third-order valence-electron chi connectivity index (χ3n) is 1.75. The van der Waals surface area contributed by atoms with Gasteiger partial charge in [-0.2, -0.15) is 0 Å². The molecule has 2 aromatic rings. The fourth-order valence-electron chi connectivity index (χ4n) is 1.12. The summed E-state index contributed by atoms with van der Waals surface area (Å²) < 4.78 is 0. The number of hydrogen-bond acceptors (Lipinski definition) is 2. The maximum absolute atomic E-state index is 5.72. The van der Waals surface area contributed by atoms with E-state index in [4.69, 9.17) is 23.2 Å². The van der Waals surface area contributed by atoms with Crippen LogP contribution in [0.4, 0.5) is 0 Å². The fraction of sp³-hybridized carbons (Fsp3) is 0.111. The fourth-order valence-corrected chi connectivity index (χ4v) is 1.39. The van der Waals surface area contributed by atoms with Crippen molar-refractivity contribution in [2.24, 2.45) is 0 Å². The maximum atomic E-state index is 5.72.